The van der Waals surface area contributed by atoms with Crippen molar-refractivity contribution in [3.05, 3.63) is 65.4 Å². The average molecular weight is 323 g/mol. The minimum absolute atomic E-state index is 0.271. The van der Waals surface area contributed by atoms with Crippen molar-refractivity contribution in [2.24, 2.45) is 4.99 Å². The van der Waals surface area contributed by atoms with Gasteiger partial charge in [0.15, 0.2) is 23.1 Å². The van der Waals surface area contributed by atoms with Crippen LogP contribution in [0.5, 0.6) is 11.5 Å². The van der Waals surface area contributed by atoms with E-state index in [1.807, 2.05) is 42.5 Å². The highest BCUT2D eigenvalue weighted by Gasteiger charge is 2.19. The molecule has 2 aromatic rings. The Hall–Kier alpha value is -3.08. The third kappa shape index (κ3) is 3.63. The number of methoxy groups -OCH3 is 1. The fraction of sp³-hybridized carbons (Fsp3) is 0.158. The molecule has 5 nitrogen and oxygen atoms in total. The standard InChI is InChI=1S/C19H17NO4/c1-13-20-16(19(21)24-13)10-15-8-9-17(18(11-15)22-2)23-12-14-6-4-3-5-7-14/h3-11H,12H2,1-2H3/b16-10+. The van der Waals surface area contributed by atoms with E-state index in [0.717, 1.165) is 11.1 Å². The summed E-state index contributed by atoms with van der Waals surface area (Å²) >= 11 is 0. The van der Waals surface area contributed by atoms with E-state index < -0.39 is 5.97 Å². The second-order valence-electron chi connectivity index (χ2n) is 5.23. The van der Waals surface area contributed by atoms with Gasteiger partial charge in [0.2, 0.25) is 0 Å². The number of cyclic esters (lactones) is 1. The lowest BCUT2D eigenvalue weighted by molar-refractivity contribution is -0.130. The first-order valence-corrected chi connectivity index (χ1v) is 7.49. The molecule has 1 aliphatic rings. The Morgan fingerprint density at radius 1 is 1.12 bits per heavy atom. The van der Waals surface area contributed by atoms with Crippen molar-refractivity contribution in [1.29, 1.82) is 0 Å². The largest absolute Gasteiger partial charge is 0.493 e. The molecule has 0 fully saturated rings. The Morgan fingerprint density at radius 3 is 2.58 bits per heavy atom. The summed E-state index contributed by atoms with van der Waals surface area (Å²) in [6, 6.07) is 15.3. The highest BCUT2D eigenvalue weighted by molar-refractivity contribution is 6.06. The lowest BCUT2D eigenvalue weighted by atomic mass is 10.1. The number of hydrogen-bond donors (Lipinski definition) is 0. The Bertz CT molecular complexity index is 809. The van der Waals surface area contributed by atoms with E-state index in [4.69, 9.17) is 14.2 Å². The van der Waals surface area contributed by atoms with Gasteiger partial charge in [-0.2, -0.15) is 0 Å². The number of hydrogen-bond acceptors (Lipinski definition) is 5. The van der Waals surface area contributed by atoms with Crippen molar-refractivity contribution in [3.63, 3.8) is 0 Å². The van der Waals surface area contributed by atoms with Crippen LogP contribution in [-0.4, -0.2) is 19.0 Å². The lowest BCUT2D eigenvalue weighted by Crippen LogP contribution is -2.00. The summed E-state index contributed by atoms with van der Waals surface area (Å²) in [5.74, 6) is 1.13. The molecule has 0 aromatic heterocycles. The van der Waals surface area contributed by atoms with Crippen LogP contribution >= 0.6 is 0 Å². The van der Waals surface area contributed by atoms with E-state index >= 15 is 0 Å². The smallest absolute Gasteiger partial charge is 0.363 e. The van der Waals surface area contributed by atoms with Crippen LogP contribution < -0.4 is 9.47 Å². The SMILES string of the molecule is COc1cc(/C=C2/N=C(C)OC2=O)ccc1OCc1ccccc1. The van der Waals surface area contributed by atoms with Crippen LogP contribution in [0.4, 0.5) is 0 Å². The van der Waals surface area contributed by atoms with Crippen LogP contribution in [-0.2, 0) is 16.1 Å². The molecule has 24 heavy (non-hydrogen) atoms. The summed E-state index contributed by atoms with van der Waals surface area (Å²) in [5, 5.41) is 0. The first-order chi connectivity index (χ1) is 11.7. The van der Waals surface area contributed by atoms with Gasteiger partial charge in [-0.25, -0.2) is 9.79 Å². The van der Waals surface area contributed by atoms with Gasteiger partial charge in [-0.15, -0.1) is 0 Å². The minimum atomic E-state index is -0.448. The van der Waals surface area contributed by atoms with Crippen LogP contribution in [0.3, 0.4) is 0 Å². The van der Waals surface area contributed by atoms with Gasteiger partial charge in [0.05, 0.1) is 7.11 Å². The van der Waals surface area contributed by atoms with E-state index in [2.05, 4.69) is 4.99 Å². The second-order valence-corrected chi connectivity index (χ2v) is 5.23. The summed E-state index contributed by atoms with van der Waals surface area (Å²) in [6.07, 6.45) is 1.66. The zero-order valence-corrected chi connectivity index (χ0v) is 13.5. The summed E-state index contributed by atoms with van der Waals surface area (Å²) < 4.78 is 16.1. The van der Waals surface area contributed by atoms with Crippen LogP contribution in [0, 0.1) is 0 Å². The van der Waals surface area contributed by atoms with Crippen LogP contribution in [0.15, 0.2) is 59.2 Å². The Balaban J connectivity index is 1.78. The van der Waals surface area contributed by atoms with Gasteiger partial charge in [0.1, 0.15) is 6.61 Å². The number of carbonyl (C=O) groups is 1. The van der Waals surface area contributed by atoms with E-state index in [1.165, 1.54) is 0 Å². The monoisotopic (exact) mass is 323 g/mol. The molecule has 2 aromatic carbocycles. The highest BCUT2D eigenvalue weighted by Crippen LogP contribution is 2.30. The molecular weight excluding hydrogens is 306 g/mol. The maximum atomic E-state index is 11.6. The fourth-order valence-corrected chi connectivity index (χ4v) is 2.30. The number of benzene rings is 2. The zero-order chi connectivity index (χ0) is 16.9. The molecule has 0 saturated carbocycles. The quantitative estimate of drug-likeness (QED) is 0.623. The highest BCUT2D eigenvalue weighted by atomic mass is 16.6. The lowest BCUT2D eigenvalue weighted by Gasteiger charge is -2.11. The van der Waals surface area contributed by atoms with E-state index in [-0.39, 0.29) is 5.70 Å². The summed E-state index contributed by atoms with van der Waals surface area (Å²) in [4.78, 5) is 15.7. The van der Waals surface area contributed by atoms with Crippen molar-refractivity contribution in [1.82, 2.24) is 0 Å². The van der Waals surface area contributed by atoms with Crippen LogP contribution in [0.2, 0.25) is 0 Å². The maximum Gasteiger partial charge on any atom is 0.363 e. The van der Waals surface area contributed by atoms with Gasteiger partial charge in [0.25, 0.3) is 0 Å². The maximum absolute atomic E-state index is 11.6. The molecule has 0 saturated heterocycles. The summed E-state index contributed by atoms with van der Waals surface area (Å²) in [6.45, 7) is 2.09. The van der Waals surface area contributed by atoms with E-state index in [1.54, 1.807) is 26.2 Å². The zero-order valence-electron chi connectivity index (χ0n) is 13.5. The number of esters is 1. The average Bonchev–Trinajstić information content (AvgIpc) is 2.91. The molecule has 0 unspecified atom stereocenters. The first-order valence-electron chi connectivity index (χ1n) is 7.49. The van der Waals surface area contributed by atoms with Crippen molar-refractivity contribution < 1.29 is 19.0 Å². The first kappa shape index (κ1) is 15.8. The summed E-state index contributed by atoms with van der Waals surface area (Å²) in [7, 11) is 1.58. The molecule has 0 N–H and O–H groups in total. The Morgan fingerprint density at radius 2 is 1.92 bits per heavy atom. The molecule has 0 atom stereocenters. The number of aliphatic imine (C=N–C) groups is 1. The predicted octanol–water partition coefficient (Wildman–Crippen LogP) is 3.59. The van der Waals surface area contributed by atoms with Gasteiger partial charge < -0.3 is 14.2 Å². The van der Waals surface area contributed by atoms with Crippen molar-refractivity contribution >= 4 is 17.9 Å². The molecule has 0 radical (unpaired) electrons. The van der Waals surface area contributed by atoms with Gasteiger partial charge in [-0.3, -0.25) is 0 Å². The molecule has 1 aliphatic heterocycles. The van der Waals surface area contributed by atoms with Gasteiger partial charge in [0, 0.05) is 6.92 Å². The third-order valence-corrected chi connectivity index (χ3v) is 3.46. The predicted molar refractivity (Wildman–Crippen MR) is 90.9 cm³/mol. The number of carbonyl (C=O) groups excluding carboxylic acids is 1. The Labute approximate surface area is 140 Å². The van der Waals surface area contributed by atoms with E-state index in [9.17, 15) is 4.79 Å². The minimum Gasteiger partial charge on any atom is -0.493 e. The molecule has 5 heteroatoms. The molecule has 0 spiro atoms. The fourth-order valence-electron chi connectivity index (χ4n) is 2.30. The molecule has 0 bridgehead atoms. The normalized spacial score (nSPS) is 15.2. The van der Waals surface area contributed by atoms with Gasteiger partial charge >= 0.3 is 5.97 Å². The van der Waals surface area contributed by atoms with E-state index in [0.29, 0.717) is 24.0 Å². The van der Waals surface area contributed by atoms with Gasteiger partial charge in [-0.05, 0) is 29.3 Å². The second kappa shape index (κ2) is 7.00. The van der Waals surface area contributed by atoms with Crippen molar-refractivity contribution in [2.45, 2.75) is 13.5 Å². The molecule has 3 rings (SSSR count). The number of ether oxygens (including phenoxy) is 3. The van der Waals surface area contributed by atoms with Gasteiger partial charge in [-0.1, -0.05) is 36.4 Å². The topological polar surface area (TPSA) is 57.1 Å². The number of rotatable bonds is 5. The van der Waals surface area contributed by atoms with Crippen molar-refractivity contribution in [3.8, 4) is 11.5 Å². The molecule has 0 aliphatic carbocycles. The van der Waals surface area contributed by atoms with Crippen LogP contribution in [0.25, 0.3) is 6.08 Å². The summed E-state index contributed by atoms with van der Waals surface area (Å²) in [5.41, 5.74) is 2.13. The Kier molecular flexibility index (Phi) is 4.61. The van der Waals surface area contributed by atoms with Crippen LogP contribution in [0.1, 0.15) is 18.1 Å². The molecule has 122 valence electrons. The third-order valence-electron chi connectivity index (χ3n) is 3.46. The molecule has 0 amide bonds. The molecular formula is C19H17NO4. The molecule has 1 heterocycles. The van der Waals surface area contributed by atoms with Crippen molar-refractivity contribution in [2.75, 3.05) is 7.11 Å². The number of nitrogens with zero attached hydrogens (tertiary/aromatic N) is 1.